The zero-order valence-corrected chi connectivity index (χ0v) is 12.8. The molecule has 0 amide bonds. The number of nitrogens with zero attached hydrogens (tertiary/aromatic N) is 1. The first-order chi connectivity index (χ1) is 9.15. The van der Waals surface area contributed by atoms with E-state index in [1.807, 2.05) is 0 Å². The van der Waals surface area contributed by atoms with Crippen molar-refractivity contribution in [3.63, 3.8) is 0 Å². The molecule has 3 heteroatoms. The van der Waals surface area contributed by atoms with E-state index in [0.717, 1.165) is 18.4 Å². The van der Waals surface area contributed by atoms with Crippen LogP contribution in [0.2, 0.25) is 0 Å². The van der Waals surface area contributed by atoms with Gasteiger partial charge in [0.15, 0.2) is 0 Å². The first kappa shape index (κ1) is 15.3. The second-order valence-corrected chi connectivity index (χ2v) is 7.12. The normalized spacial score (nSPS) is 27.6. The molecule has 2 unspecified atom stereocenters. The number of nitrogens with one attached hydrogen (secondary N) is 1. The van der Waals surface area contributed by atoms with Gasteiger partial charge in [-0.1, -0.05) is 20.3 Å². The molecule has 2 atom stereocenters. The number of aliphatic hydroxyl groups is 1. The average Bonchev–Trinajstić information content (AvgIpc) is 3.10. The van der Waals surface area contributed by atoms with Crippen LogP contribution in [0.15, 0.2) is 0 Å². The summed E-state index contributed by atoms with van der Waals surface area (Å²) in [5, 5.41) is 12.8. The fourth-order valence-electron chi connectivity index (χ4n) is 3.52. The molecule has 1 saturated carbocycles. The van der Waals surface area contributed by atoms with Crippen LogP contribution in [0.1, 0.15) is 52.4 Å². The molecule has 1 aliphatic carbocycles. The summed E-state index contributed by atoms with van der Waals surface area (Å²) in [5.41, 5.74) is 0.422. The topological polar surface area (TPSA) is 35.5 Å². The zero-order valence-electron chi connectivity index (χ0n) is 12.8. The lowest BCUT2D eigenvalue weighted by Crippen LogP contribution is -2.42. The Bertz CT molecular complexity index is 267. The van der Waals surface area contributed by atoms with E-state index in [9.17, 15) is 0 Å². The van der Waals surface area contributed by atoms with Crippen molar-refractivity contribution in [3.8, 4) is 0 Å². The highest BCUT2D eigenvalue weighted by molar-refractivity contribution is 4.88. The maximum atomic E-state index is 9.05. The predicted molar refractivity (Wildman–Crippen MR) is 80.3 cm³/mol. The van der Waals surface area contributed by atoms with E-state index < -0.39 is 0 Å². The number of hydrogen-bond donors (Lipinski definition) is 2. The van der Waals surface area contributed by atoms with Gasteiger partial charge in [-0.25, -0.2) is 0 Å². The Morgan fingerprint density at radius 2 is 2.11 bits per heavy atom. The molecule has 19 heavy (non-hydrogen) atoms. The van der Waals surface area contributed by atoms with Crippen molar-refractivity contribution in [3.05, 3.63) is 0 Å². The lowest BCUT2D eigenvalue weighted by atomic mass is 9.84. The summed E-state index contributed by atoms with van der Waals surface area (Å²) >= 11 is 0. The molecule has 1 saturated heterocycles. The van der Waals surface area contributed by atoms with Crippen molar-refractivity contribution in [1.82, 2.24) is 10.2 Å². The van der Waals surface area contributed by atoms with Crippen molar-refractivity contribution in [2.45, 2.75) is 58.4 Å². The van der Waals surface area contributed by atoms with Crippen molar-refractivity contribution in [1.29, 1.82) is 0 Å². The second-order valence-electron chi connectivity index (χ2n) is 7.12. The van der Waals surface area contributed by atoms with Crippen LogP contribution in [0.3, 0.4) is 0 Å². The number of hydrogen-bond acceptors (Lipinski definition) is 3. The van der Waals surface area contributed by atoms with Gasteiger partial charge in [-0.2, -0.15) is 0 Å². The molecule has 0 aromatic carbocycles. The van der Waals surface area contributed by atoms with Crippen LogP contribution in [-0.4, -0.2) is 48.8 Å². The predicted octanol–water partition coefficient (Wildman–Crippen LogP) is 2.25. The van der Waals surface area contributed by atoms with Crippen molar-refractivity contribution in [2.24, 2.45) is 11.3 Å². The average molecular weight is 268 g/mol. The van der Waals surface area contributed by atoms with E-state index in [1.165, 1.54) is 58.3 Å². The van der Waals surface area contributed by atoms with Crippen LogP contribution in [0.5, 0.6) is 0 Å². The Hall–Kier alpha value is -0.120. The highest BCUT2D eigenvalue weighted by Gasteiger charge is 2.32. The van der Waals surface area contributed by atoms with Gasteiger partial charge in [0.25, 0.3) is 0 Å². The van der Waals surface area contributed by atoms with E-state index in [2.05, 4.69) is 24.1 Å². The Morgan fingerprint density at radius 1 is 1.32 bits per heavy atom. The minimum atomic E-state index is 0.355. The highest BCUT2D eigenvalue weighted by Crippen LogP contribution is 2.29. The number of aliphatic hydroxyl groups excluding tert-OH is 1. The standard InChI is InChI=1S/C16H32N2O/c1-3-8-16(2,12-17-15-4-5-15)13-18-9-6-14(11-18)7-10-19/h14-15,17,19H,3-13H2,1-2H3. The summed E-state index contributed by atoms with van der Waals surface area (Å²) in [6, 6.07) is 0.817. The van der Waals surface area contributed by atoms with Gasteiger partial charge in [0.1, 0.15) is 0 Å². The van der Waals surface area contributed by atoms with E-state index in [0.29, 0.717) is 12.0 Å². The SMILES string of the molecule is CCCC(C)(CNC1CC1)CN1CCC(CCO)C1. The molecule has 2 N–H and O–H groups in total. The molecule has 3 nitrogen and oxygen atoms in total. The van der Waals surface area contributed by atoms with Gasteiger partial charge in [0.05, 0.1) is 0 Å². The Labute approximate surface area is 118 Å². The molecule has 0 radical (unpaired) electrons. The van der Waals surface area contributed by atoms with Crippen LogP contribution in [-0.2, 0) is 0 Å². The Morgan fingerprint density at radius 3 is 2.74 bits per heavy atom. The van der Waals surface area contributed by atoms with Gasteiger partial charge >= 0.3 is 0 Å². The smallest absolute Gasteiger partial charge is 0.0434 e. The largest absolute Gasteiger partial charge is 0.396 e. The molecule has 0 bridgehead atoms. The van der Waals surface area contributed by atoms with E-state index in [4.69, 9.17) is 5.11 Å². The quantitative estimate of drug-likeness (QED) is 0.673. The van der Waals surface area contributed by atoms with Crippen molar-refractivity contribution >= 4 is 0 Å². The molecule has 2 fully saturated rings. The molecule has 0 spiro atoms. The molecule has 1 heterocycles. The van der Waals surface area contributed by atoms with Crippen LogP contribution < -0.4 is 5.32 Å². The third kappa shape index (κ3) is 5.05. The number of rotatable bonds is 9. The van der Waals surface area contributed by atoms with Gasteiger partial charge in [-0.15, -0.1) is 0 Å². The molecular formula is C16H32N2O. The Balaban J connectivity index is 1.78. The van der Waals surface area contributed by atoms with Crippen molar-refractivity contribution < 1.29 is 5.11 Å². The highest BCUT2D eigenvalue weighted by atomic mass is 16.3. The lowest BCUT2D eigenvalue weighted by Gasteiger charge is -2.34. The first-order valence-electron chi connectivity index (χ1n) is 8.22. The lowest BCUT2D eigenvalue weighted by molar-refractivity contribution is 0.165. The van der Waals surface area contributed by atoms with Crippen LogP contribution in [0.25, 0.3) is 0 Å². The first-order valence-corrected chi connectivity index (χ1v) is 8.22. The summed E-state index contributed by atoms with van der Waals surface area (Å²) in [6.45, 7) is 9.93. The minimum absolute atomic E-state index is 0.355. The molecule has 1 aliphatic heterocycles. The molecule has 2 aliphatic rings. The summed E-state index contributed by atoms with van der Waals surface area (Å²) in [6.07, 6.45) is 7.61. The van der Waals surface area contributed by atoms with Gasteiger partial charge in [0.2, 0.25) is 0 Å². The van der Waals surface area contributed by atoms with Gasteiger partial charge in [-0.05, 0) is 50.0 Å². The van der Waals surface area contributed by atoms with E-state index >= 15 is 0 Å². The molecule has 2 rings (SSSR count). The molecular weight excluding hydrogens is 236 g/mol. The fraction of sp³-hybridized carbons (Fsp3) is 1.00. The monoisotopic (exact) mass is 268 g/mol. The molecule has 0 aromatic heterocycles. The zero-order chi connectivity index (χ0) is 13.7. The molecule has 112 valence electrons. The fourth-order valence-corrected chi connectivity index (χ4v) is 3.52. The van der Waals surface area contributed by atoms with Crippen LogP contribution in [0.4, 0.5) is 0 Å². The Kier molecular flexibility index (Phi) is 5.67. The van der Waals surface area contributed by atoms with Crippen molar-refractivity contribution in [2.75, 3.05) is 32.8 Å². The van der Waals surface area contributed by atoms with Crippen LogP contribution >= 0.6 is 0 Å². The van der Waals surface area contributed by atoms with E-state index in [-0.39, 0.29) is 0 Å². The van der Waals surface area contributed by atoms with Gasteiger partial charge in [-0.3, -0.25) is 0 Å². The third-order valence-corrected chi connectivity index (χ3v) is 4.76. The molecule has 0 aromatic rings. The van der Waals surface area contributed by atoms with Gasteiger partial charge < -0.3 is 15.3 Å². The summed E-state index contributed by atoms with van der Waals surface area (Å²) < 4.78 is 0. The van der Waals surface area contributed by atoms with E-state index in [1.54, 1.807) is 0 Å². The van der Waals surface area contributed by atoms with Crippen LogP contribution in [0, 0.1) is 11.3 Å². The maximum Gasteiger partial charge on any atom is 0.0434 e. The third-order valence-electron chi connectivity index (χ3n) is 4.76. The maximum absolute atomic E-state index is 9.05. The summed E-state index contributed by atoms with van der Waals surface area (Å²) in [5.74, 6) is 0.729. The van der Waals surface area contributed by atoms with Gasteiger partial charge in [0, 0.05) is 32.3 Å². The second kappa shape index (κ2) is 7.05. The summed E-state index contributed by atoms with van der Waals surface area (Å²) in [7, 11) is 0. The summed E-state index contributed by atoms with van der Waals surface area (Å²) in [4.78, 5) is 2.63. The minimum Gasteiger partial charge on any atom is -0.396 e. The number of likely N-dealkylation sites (tertiary alicyclic amines) is 1.